The quantitative estimate of drug-likeness (QED) is 0.855. The van der Waals surface area contributed by atoms with E-state index in [1.165, 1.54) is 23.4 Å². The molecule has 0 saturated carbocycles. The van der Waals surface area contributed by atoms with Crippen molar-refractivity contribution in [1.82, 2.24) is 4.98 Å². The molecule has 4 nitrogen and oxygen atoms in total. The summed E-state index contributed by atoms with van der Waals surface area (Å²) in [4.78, 5) is 14.8. The van der Waals surface area contributed by atoms with E-state index in [9.17, 15) is 4.79 Å². The van der Waals surface area contributed by atoms with Gasteiger partial charge >= 0.3 is 5.97 Å². The number of benzene rings is 1. The summed E-state index contributed by atoms with van der Waals surface area (Å²) in [6.07, 6.45) is 1.42. The van der Waals surface area contributed by atoms with Crippen LogP contribution in [-0.4, -0.2) is 17.6 Å². The van der Waals surface area contributed by atoms with Gasteiger partial charge in [0, 0.05) is 24.2 Å². The van der Waals surface area contributed by atoms with Gasteiger partial charge in [0.15, 0.2) is 0 Å². The second-order valence-corrected chi connectivity index (χ2v) is 5.33. The summed E-state index contributed by atoms with van der Waals surface area (Å²) in [5, 5.41) is 1.20. The Labute approximate surface area is 118 Å². The number of ether oxygens (including phenoxy) is 2. The predicted octanol–water partition coefficient (Wildman–Crippen LogP) is 3.17. The van der Waals surface area contributed by atoms with Crippen LogP contribution in [0, 0.1) is 6.92 Å². The van der Waals surface area contributed by atoms with Crippen LogP contribution in [0.25, 0.3) is 10.9 Å². The van der Waals surface area contributed by atoms with Gasteiger partial charge in [-0.05, 0) is 31.0 Å². The summed E-state index contributed by atoms with van der Waals surface area (Å²) in [6, 6.07) is 6.31. The molecule has 1 aliphatic heterocycles. The standard InChI is InChI=1S/C16H19NO3/c1-4-16(20-11(3)18)15-12(7-8-19-16)13-9-10(2)5-6-14(13)17-15/h5-6,9,17H,4,7-8H2,1-3H3. The van der Waals surface area contributed by atoms with Gasteiger partial charge in [-0.2, -0.15) is 0 Å². The maximum Gasteiger partial charge on any atom is 0.305 e. The van der Waals surface area contributed by atoms with Gasteiger partial charge in [0.25, 0.3) is 5.79 Å². The molecule has 0 bridgehead atoms. The van der Waals surface area contributed by atoms with Gasteiger partial charge in [-0.25, -0.2) is 0 Å². The first-order chi connectivity index (χ1) is 9.55. The highest BCUT2D eigenvalue weighted by Gasteiger charge is 2.42. The third-order valence-electron chi connectivity index (χ3n) is 3.90. The molecular weight excluding hydrogens is 254 g/mol. The zero-order valence-corrected chi connectivity index (χ0v) is 12.1. The van der Waals surface area contributed by atoms with E-state index in [4.69, 9.17) is 9.47 Å². The Morgan fingerprint density at radius 2 is 2.30 bits per heavy atom. The van der Waals surface area contributed by atoms with E-state index in [0.717, 1.165) is 17.6 Å². The van der Waals surface area contributed by atoms with Crippen LogP contribution in [-0.2, 0) is 26.5 Å². The van der Waals surface area contributed by atoms with E-state index in [2.05, 4.69) is 30.1 Å². The topological polar surface area (TPSA) is 51.3 Å². The molecule has 1 N–H and O–H groups in total. The number of aromatic amines is 1. The number of carbonyl (C=O) groups excluding carboxylic acids is 1. The van der Waals surface area contributed by atoms with Crippen molar-refractivity contribution in [3.63, 3.8) is 0 Å². The molecule has 1 aromatic heterocycles. The number of hydrogen-bond donors (Lipinski definition) is 1. The average Bonchev–Trinajstić information content (AvgIpc) is 2.78. The first kappa shape index (κ1) is 13.2. The third-order valence-corrected chi connectivity index (χ3v) is 3.90. The number of fused-ring (bicyclic) bond motifs is 3. The molecule has 106 valence electrons. The van der Waals surface area contributed by atoms with Crippen molar-refractivity contribution in [3.05, 3.63) is 35.0 Å². The fraction of sp³-hybridized carbons (Fsp3) is 0.438. The smallest absolute Gasteiger partial charge is 0.305 e. The molecule has 3 rings (SSSR count). The summed E-state index contributed by atoms with van der Waals surface area (Å²) < 4.78 is 11.4. The number of H-pyrrole nitrogens is 1. The number of esters is 1. The van der Waals surface area contributed by atoms with Gasteiger partial charge < -0.3 is 14.5 Å². The fourth-order valence-electron chi connectivity index (χ4n) is 3.00. The Bertz CT molecular complexity index is 674. The van der Waals surface area contributed by atoms with Crippen molar-refractivity contribution in [2.75, 3.05) is 6.61 Å². The SMILES string of the molecule is CCC1(OC(C)=O)OCCc2c1[nH]c1ccc(C)cc21. The molecule has 0 fully saturated rings. The molecule has 0 saturated heterocycles. The Balaban J connectivity index is 2.21. The molecule has 4 heteroatoms. The van der Waals surface area contributed by atoms with E-state index in [1.54, 1.807) is 0 Å². The number of hydrogen-bond acceptors (Lipinski definition) is 3. The molecule has 1 aliphatic rings. The molecule has 2 aromatic rings. The lowest BCUT2D eigenvalue weighted by Gasteiger charge is -2.35. The zero-order chi connectivity index (χ0) is 14.3. The maximum absolute atomic E-state index is 11.4. The summed E-state index contributed by atoms with van der Waals surface area (Å²) in [5.41, 5.74) is 4.39. The first-order valence-corrected chi connectivity index (χ1v) is 7.01. The Hall–Kier alpha value is -1.81. The summed E-state index contributed by atoms with van der Waals surface area (Å²) in [6.45, 7) is 6.03. The molecular formula is C16H19NO3. The lowest BCUT2D eigenvalue weighted by atomic mass is 9.97. The minimum absolute atomic E-state index is 0.325. The van der Waals surface area contributed by atoms with Crippen molar-refractivity contribution in [2.45, 2.75) is 39.4 Å². The van der Waals surface area contributed by atoms with Crippen LogP contribution in [0.4, 0.5) is 0 Å². The summed E-state index contributed by atoms with van der Waals surface area (Å²) in [5.74, 6) is -1.29. The molecule has 0 spiro atoms. The molecule has 0 radical (unpaired) electrons. The predicted molar refractivity (Wildman–Crippen MR) is 76.4 cm³/mol. The second kappa shape index (κ2) is 4.63. The molecule has 2 heterocycles. The van der Waals surface area contributed by atoms with Crippen LogP contribution in [0.2, 0.25) is 0 Å². The van der Waals surface area contributed by atoms with Crippen LogP contribution in [0.15, 0.2) is 18.2 Å². The van der Waals surface area contributed by atoms with Crippen LogP contribution < -0.4 is 0 Å². The number of aromatic nitrogens is 1. The van der Waals surface area contributed by atoms with Gasteiger partial charge in [0.05, 0.1) is 12.3 Å². The molecule has 1 atom stereocenters. The van der Waals surface area contributed by atoms with Crippen molar-refractivity contribution < 1.29 is 14.3 Å². The monoisotopic (exact) mass is 273 g/mol. The van der Waals surface area contributed by atoms with Gasteiger partial charge in [-0.15, -0.1) is 0 Å². The van der Waals surface area contributed by atoms with Crippen molar-refractivity contribution >= 4 is 16.9 Å². The zero-order valence-electron chi connectivity index (χ0n) is 12.1. The molecule has 0 amide bonds. The number of carbonyl (C=O) groups is 1. The molecule has 0 aliphatic carbocycles. The van der Waals surface area contributed by atoms with Gasteiger partial charge in [-0.3, -0.25) is 4.79 Å². The van der Waals surface area contributed by atoms with E-state index < -0.39 is 5.79 Å². The Morgan fingerprint density at radius 1 is 1.50 bits per heavy atom. The van der Waals surface area contributed by atoms with Crippen LogP contribution in [0.1, 0.15) is 37.1 Å². The number of rotatable bonds is 2. The van der Waals surface area contributed by atoms with E-state index in [1.807, 2.05) is 6.92 Å². The lowest BCUT2D eigenvalue weighted by Crippen LogP contribution is -2.39. The second-order valence-electron chi connectivity index (χ2n) is 5.33. The minimum atomic E-state index is -0.966. The van der Waals surface area contributed by atoms with E-state index in [0.29, 0.717) is 13.0 Å². The fourth-order valence-corrected chi connectivity index (χ4v) is 3.00. The Kier molecular flexibility index (Phi) is 3.05. The highest BCUT2D eigenvalue weighted by molar-refractivity contribution is 5.86. The van der Waals surface area contributed by atoms with Crippen molar-refractivity contribution in [2.24, 2.45) is 0 Å². The molecule has 20 heavy (non-hydrogen) atoms. The normalized spacial score (nSPS) is 21.8. The van der Waals surface area contributed by atoms with Crippen molar-refractivity contribution in [3.8, 4) is 0 Å². The highest BCUT2D eigenvalue weighted by Crippen LogP contribution is 2.40. The number of nitrogens with one attached hydrogen (secondary N) is 1. The highest BCUT2D eigenvalue weighted by atomic mass is 16.7. The van der Waals surface area contributed by atoms with Gasteiger partial charge in [0.2, 0.25) is 0 Å². The van der Waals surface area contributed by atoms with Gasteiger partial charge in [0.1, 0.15) is 0 Å². The minimum Gasteiger partial charge on any atom is -0.427 e. The van der Waals surface area contributed by atoms with Gasteiger partial charge in [-0.1, -0.05) is 18.6 Å². The molecule has 1 unspecified atom stereocenters. The maximum atomic E-state index is 11.4. The van der Waals surface area contributed by atoms with Crippen LogP contribution >= 0.6 is 0 Å². The van der Waals surface area contributed by atoms with Crippen LogP contribution in [0.3, 0.4) is 0 Å². The number of aryl methyl sites for hydroxylation is 1. The van der Waals surface area contributed by atoms with E-state index >= 15 is 0 Å². The molecule has 1 aromatic carbocycles. The summed E-state index contributed by atoms with van der Waals surface area (Å²) >= 11 is 0. The van der Waals surface area contributed by atoms with E-state index in [-0.39, 0.29) is 5.97 Å². The van der Waals surface area contributed by atoms with Crippen molar-refractivity contribution in [1.29, 1.82) is 0 Å². The lowest BCUT2D eigenvalue weighted by molar-refractivity contribution is -0.245. The third kappa shape index (κ3) is 1.91. The first-order valence-electron chi connectivity index (χ1n) is 7.01. The summed E-state index contributed by atoms with van der Waals surface area (Å²) in [7, 11) is 0. The largest absolute Gasteiger partial charge is 0.427 e. The Morgan fingerprint density at radius 3 is 3.00 bits per heavy atom. The average molecular weight is 273 g/mol. The van der Waals surface area contributed by atoms with Crippen LogP contribution in [0.5, 0.6) is 0 Å².